The number of aryl methyl sites for hydroxylation is 2. The minimum Gasteiger partial charge on any atom is -0.332 e. The van der Waals surface area contributed by atoms with Crippen molar-refractivity contribution in [3.05, 3.63) is 87.9 Å². The molecule has 0 aliphatic carbocycles. The lowest BCUT2D eigenvalue weighted by Gasteiger charge is -2.14. The van der Waals surface area contributed by atoms with Crippen molar-refractivity contribution < 1.29 is 4.79 Å². The molecule has 174 valence electrons. The second-order valence-electron chi connectivity index (χ2n) is 8.13. The van der Waals surface area contributed by atoms with Crippen LogP contribution in [0.15, 0.2) is 71.9 Å². The van der Waals surface area contributed by atoms with Gasteiger partial charge in [0.15, 0.2) is 5.16 Å². The molecule has 0 aliphatic rings. The lowest BCUT2D eigenvalue weighted by atomic mass is 10.0. The van der Waals surface area contributed by atoms with E-state index >= 15 is 0 Å². The van der Waals surface area contributed by atoms with Crippen LogP contribution in [0.1, 0.15) is 24.5 Å². The van der Waals surface area contributed by atoms with Crippen LogP contribution in [0.25, 0.3) is 22.5 Å². The lowest BCUT2D eigenvalue weighted by Crippen LogP contribution is -2.24. The summed E-state index contributed by atoms with van der Waals surface area (Å²) >= 11 is 13.6. The van der Waals surface area contributed by atoms with Gasteiger partial charge in [-0.1, -0.05) is 102 Å². The van der Waals surface area contributed by atoms with Gasteiger partial charge in [-0.3, -0.25) is 4.79 Å². The first kappa shape index (κ1) is 24.4. The fraction of sp³-hybridized carbons (Fsp3) is 0.185. The van der Waals surface area contributed by atoms with Crippen molar-refractivity contribution in [1.29, 1.82) is 0 Å². The van der Waals surface area contributed by atoms with Crippen molar-refractivity contribution in [2.45, 2.75) is 37.6 Å². The van der Waals surface area contributed by atoms with Crippen LogP contribution in [0.2, 0.25) is 10.0 Å². The maximum absolute atomic E-state index is 13.0. The van der Waals surface area contributed by atoms with Gasteiger partial charge in [-0.05, 0) is 38.5 Å². The number of nitrogens with one attached hydrogen (secondary N) is 2. The van der Waals surface area contributed by atoms with E-state index in [0.29, 0.717) is 27.3 Å². The molecule has 1 atom stereocenters. The number of nitrogens with zero attached hydrogens (tertiary/aromatic N) is 1. The number of aromatic nitrogens is 2. The molecule has 2 N–H and O–H groups in total. The Morgan fingerprint density at radius 2 is 1.59 bits per heavy atom. The average Bonchev–Trinajstić information content (AvgIpc) is 3.24. The molecular formula is C27H25Cl2N3OS. The van der Waals surface area contributed by atoms with Crippen molar-refractivity contribution in [2.24, 2.45) is 0 Å². The molecule has 7 heteroatoms. The molecule has 0 spiro atoms. The summed E-state index contributed by atoms with van der Waals surface area (Å²) in [7, 11) is 0. The highest BCUT2D eigenvalue weighted by atomic mass is 35.5. The number of hydrogen-bond donors (Lipinski definition) is 2. The van der Waals surface area contributed by atoms with Crippen molar-refractivity contribution in [2.75, 3.05) is 5.32 Å². The fourth-order valence-electron chi connectivity index (χ4n) is 3.52. The molecule has 4 aromatic rings. The van der Waals surface area contributed by atoms with Crippen LogP contribution in [0, 0.1) is 13.8 Å². The van der Waals surface area contributed by atoms with E-state index in [1.165, 1.54) is 22.9 Å². The van der Waals surface area contributed by atoms with Crippen LogP contribution in [-0.2, 0) is 4.79 Å². The van der Waals surface area contributed by atoms with E-state index in [9.17, 15) is 4.79 Å². The molecule has 1 unspecified atom stereocenters. The zero-order valence-corrected chi connectivity index (χ0v) is 21.5. The summed E-state index contributed by atoms with van der Waals surface area (Å²) in [5, 5.41) is 4.18. The van der Waals surface area contributed by atoms with Gasteiger partial charge in [0.25, 0.3) is 0 Å². The van der Waals surface area contributed by atoms with Gasteiger partial charge in [0, 0.05) is 16.1 Å². The molecule has 4 rings (SSSR count). The summed E-state index contributed by atoms with van der Waals surface area (Å²) in [4.78, 5) is 21.4. The Morgan fingerprint density at radius 1 is 0.971 bits per heavy atom. The van der Waals surface area contributed by atoms with Gasteiger partial charge in [0.2, 0.25) is 5.91 Å². The number of aromatic amines is 1. The predicted octanol–water partition coefficient (Wildman–Crippen LogP) is 8.18. The maximum atomic E-state index is 13.0. The van der Waals surface area contributed by atoms with Crippen LogP contribution >= 0.6 is 35.0 Å². The van der Waals surface area contributed by atoms with E-state index in [0.717, 1.165) is 22.5 Å². The number of H-pyrrole nitrogens is 1. The first-order valence-corrected chi connectivity index (χ1v) is 12.6. The van der Waals surface area contributed by atoms with Gasteiger partial charge < -0.3 is 10.3 Å². The maximum Gasteiger partial charge on any atom is 0.238 e. The third kappa shape index (κ3) is 5.66. The summed E-state index contributed by atoms with van der Waals surface area (Å²) in [5.74, 6) is -0.137. The average molecular weight is 510 g/mol. The molecule has 0 radical (unpaired) electrons. The summed E-state index contributed by atoms with van der Waals surface area (Å²) in [6.07, 6.45) is 0.627. The lowest BCUT2D eigenvalue weighted by molar-refractivity contribution is -0.115. The first-order chi connectivity index (χ1) is 16.3. The predicted molar refractivity (Wildman–Crippen MR) is 144 cm³/mol. The molecule has 1 aromatic heterocycles. The molecule has 1 amide bonds. The molecule has 0 saturated carbocycles. The number of rotatable bonds is 7. The van der Waals surface area contributed by atoms with E-state index < -0.39 is 0 Å². The van der Waals surface area contributed by atoms with Gasteiger partial charge in [-0.2, -0.15) is 0 Å². The number of hydrogen-bond acceptors (Lipinski definition) is 3. The number of amides is 1. The van der Waals surface area contributed by atoms with Crippen molar-refractivity contribution >= 4 is 46.6 Å². The van der Waals surface area contributed by atoms with Crippen molar-refractivity contribution in [3.8, 4) is 22.5 Å². The van der Waals surface area contributed by atoms with Crippen LogP contribution in [0.5, 0.6) is 0 Å². The summed E-state index contributed by atoms with van der Waals surface area (Å²) in [6.45, 7) is 6.11. The topological polar surface area (TPSA) is 57.8 Å². The minimum absolute atomic E-state index is 0.137. The largest absolute Gasteiger partial charge is 0.332 e. The van der Waals surface area contributed by atoms with Gasteiger partial charge >= 0.3 is 0 Å². The number of benzene rings is 3. The number of thioether (sulfide) groups is 1. The molecule has 34 heavy (non-hydrogen) atoms. The summed E-state index contributed by atoms with van der Waals surface area (Å²) in [5.41, 5.74) is 6.79. The number of carbonyl (C=O) groups excluding carboxylic acids is 1. The molecule has 3 aromatic carbocycles. The van der Waals surface area contributed by atoms with E-state index in [1.807, 2.05) is 6.92 Å². The molecule has 4 nitrogen and oxygen atoms in total. The second-order valence-corrected chi connectivity index (χ2v) is 10.2. The molecule has 0 bridgehead atoms. The van der Waals surface area contributed by atoms with E-state index in [-0.39, 0.29) is 11.2 Å². The zero-order valence-electron chi connectivity index (χ0n) is 19.2. The number of imidazole rings is 1. The number of carbonyl (C=O) groups is 1. The van der Waals surface area contributed by atoms with E-state index in [1.54, 1.807) is 18.2 Å². The third-order valence-corrected chi connectivity index (χ3v) is 7.25. The Labute approximate surface area is 214 Å². The normalized spacial score (nSPS) is 11.9. The Balaban J connectivity index is 1.63. The Bertz CT molecular complexity index is 1240. The molecule has 0 fully saturated rings. The van der Waals surface area contributed by atoms with Gasteiger partial charge in [-0.15, -0.1) is 0 Å². The third-order valence-electron chi connectivity index (χ3n) is 5.45. The SMILES string of the molecule is CCC(Sc1nc(-c2ccc(C)cc2)c(-c2ccc(C)cc2)[nH]1)C(=O)Nc1ccc(Cl)cc1Cl. The second kappa shape index (κ2) is 10.7. The molecule has 0 aliphatic heterocycles. The van der Waals surface area contributed by atoms with Crippen LogP contribution in [0.4, 0.5) is 5.69 Å². The fourth-order valence-corrected chi connectivity index (χ4v) is 4.88. The van der Waals surface area contributed by atoms with Crippen LogP contribution < -0.4 is 5.32 Å². The van der Waals surface area contributed by atoms with Crippen LogP contribution in [0.3, 0.4) is 0 Å². The Morgan fingerprint density at radius 3 is 2.18 bits per heavy atom. The van der Waals surface area contributed by atoms with Crippen LogP contribution in [-0.4, -0.2) is 21.1 Å². The van der Waals surface area contributed by atoms with Gasteiger partial charge in [0.05, 0.1) is 27.3 Å². The standard InChI is InChI=1S/C27H25Cl2N3OS/c1-4-23(26(33)30-22-14-13-20(28)15-21(22)29)34-27-31-24(18-9-5-16(2)6-10-18)25(32-27)19-11-7-17(3)8-12-19/h5-15,23H,4H2,1-3H3,(H,30,33)(H,31,32). The smallest absolute Gasteiger partial charge is 0.238 e. The number of anilines is 1. The van der Waals surface area contributed by atoms with E-state index in [2.05, 4.69) is 72.7 Å². The summed E-state index contributed by atoms with van der Waals surface area (Å²) < 4.78 is 0. The monoisotopic (exact) mass is 509 g/mol. The molecule has 0 saturated heterocycles. The quantitative estimate of drug-likeness (QED) is 0.247. The molecular weight excluding hydrogens is 485 g/mol. The summed E-state index contributed by atoms with van der Waals surface area (Å²) in [6, 6.07) is 21.7. The van der Waals surface area contributed by atoms with E-state index in [4.69, 9.17) is 28.2 Å². The zero-order chi connectivity index (χ0) is 24.2. The highest BCUT2D eigenvalue weighted by Crippen LogP contribution is 2.35. The Kier molecular flexibility index (Phi) is 7.67. The first-order valence-electron chi connectivity index (χ1n) is 11.0. The van der Waals surface area contributed by atoms with Crippen molar-refractivity contribution in [3.63, 3.8) is 0 Å². The van der Waals surface area contributed by atoms with Crippen molar-refractivity contribution in [1.82, 2.24) is 9.97 Å². The molecule has 1 heterocycles. The highest BCUT2D eigenvalue weighted by Gasteiger charge is 2.23. The van der Waals surface area contributed by atoms with Gasteiger partial charge in [0.1, 0.15) is 0 Å². The highest BCUT2D eigenvalue weighted by molar-refractivity contribution is 8.00. The Hall–Kier alpha value is -2.73. The van der Waals surface area contributed by atoms with Gasteiger partial charge in [-0.25, -0.2) is 4.98 Å². The number of halogens is 2. The minimum atomic E-state index is -0.352.